The van der Waals surface area contributed by atoms with Gasteiger partial charge in [0.1, 0.15) is 0 Å². The molecule has 0 atom stereocenters. The fraction of sp³-hybridized carbons (Fsp3) is 0.625. The molecular weight excluding hydrogens is 284 g/mol. The molecule has 0 spiro atoms. The van der Waals surface area contributed by atoms with Gasteiger partial charge in [0.25, 0.3) is 0 Å². The standard InChI is InChI=1S/C16H26BNO2.ClH/c1-14(2,3)11-8-9-13(18)12(10-11)17-19-15(4,5)16(6,7)20-17;/h8-10H,18H2,1-7H3;1H. The number of benzene rings is 1. The van der Waals surface area contributed by atoms with E-state index in [4.69, 9.17) is 15.0 Å². The summed E-state index contributed by atoms with van der Waals surface area (Å²) >= 11 is 0. The van der Waals surface area contributed by atoms with Crippen LogP contribution in [0.4, 0.5) is 5.69 Å². The maximum absolute atomic E-state index is 6.13. The van der Waals surface area contributed by atoms with Crippen LogP contribution in [0, 0.1) is 0 Å². The van der Waals surface area contributed by atoms with Crippen molar-refractivity contribution in [3.05, 3.63) is 23.8 Å². The number of rotatable bonds is 1. The second-order valence-corrected chi connectivity index (χ2v) is 7.68. The minimum Gasteiger partial charge on any atom is -0.399 e. The Morgan fingerprint density at radius 3 is 1.90 bits per heavy atom. The second kappa shape index (κ2) is 5.49. The third-order valence-electron chi connectivity index (χ3n) is 4.46. The summed E-state index contributed by atoms with van der Waals surface area (Å²) in [6.45, 7) is 14.8. The van der Waals surface area contributed by atoms with E-state index in [1.807, 2.05) is 6.07 Å². The van der Waals surface area contributed by atoms with Gasteiger partial charge in [0.2, 0.25) is 0 Å². The van der Waals surface area contributed by atoms with E-state index in [2.05, 4.69) is 60.6 Å². The molecule has 1 fully saturated rings. The lowest BCUT2D eigenvalue weighted by atomic mass is 9.74. The van der Waals surface area contributed by atoms with Crippen molar-refractivity contribution in [1.82, 2.24) is 0 Å². The topological polar surface area (TPSA) is 44.5 Å². The van der Waals surface area contributed by atoms with Crippen molar-refractivity contribution in [2.45, 2.75) is 65.1 Å². The van der Waals surface area contributed by atoms with Gasteiger partial charge < -0.3 is 15.0 Å². The molecular formula is C16H27BClNO2. The van der Waals surface area contributed by atoms with Gasteiger partial charge in [-0.25, -0.2) is 0 Å². The predicted molar refractivity (Wildman–Crippen MR) is 92.5 cm³/mol. The first-order chi connectivity index (χ1) is 8.94. The SMILES string of the molecule is CC(C)(C)c1ccc(N)c(B2OC(C)(C)C(C)(C)O2)c1.Cl. The maximum Gasteiger partial charge on any atom is 0.496 e. The summed E-state index contributed by atoms with van der Waals surface area (Å²) in [5.74, 6) is 0. The van der Waals surface area contributed by atoms with Crippen LogP contribution in [0.15, 0.2) is 18.2 Å². The molecule has 1 aliphatic heterocycles. The Hall–Kier alpha value is -0.705. The van der Waals surface area contributed by atoms with E-state index in [0.717, 1.165) is 11.2 Å². The normalized spacial score (nSPS) is 20.2. The van der Waals surface area contributed by atoms with Gasteiger partial charge in [-0.2, -0.15) is 0 Å². The lowest BCUT2D eigenvalue weighted by Crippen LogP contribution is -2.41. The van der Waals surface area contributed by atoms with Crippen LogP contribution in [0.3, 0.4) is 0 Å². The van der Waals surface area contributed by atoms with Gasteiger partial charge in [-0.1, -0.05) is 32.9 Å². The summed E-state index contributed by atoms with van der Waals surface area (Å²) in [5, 5.41) is 0. The second-order valence-electron chi connectivity index (χ2n) is 7.68. The molecule has 0 aromatic heterocycles. The van der Waals surface area contributed by atoms with E-state index in [1.165, 1.54) is 5.56 Å². The highest BCUT2D eigenvalue weighted by Crippen LogP contribution is 2.37. The Labute approximate surface area is 135 Å². The predicted octanol–water partition coefficient (Wildman–Crippen LogP) is 3.29. The maximum atomic E-state index is 6.13. The van der Waals surface area contributed by atoms with Crippen molar-refractivity contribution in [3.8, 4) is 0 Å². The summed E-state index contributed by atoms with van der Waals surface area (Å²) in [6.07, 6.45) is 0. The molecule has 1 saturated heterocycles. The van der Waals surface area contributed by atoms with Crippen molar-refractivity contribution < 1.29 is 9.31 Å². The number of nitrogen functional groups attached to an aromatic ring is 1. The van der Waals surface area contributed by atoms with Gasteiger partial charge in [-0.05, 0) is 44.7 Å². The highest BCUT2D eigenvalue weighted by molar-refractivity contribution is 6.63. The van der Waals surface area contributed by atoms with Gasteiger partial charge in [0, 0.05) is 11.2 Å². The van der Waals surface area contributed by atoms with Crippen molar-refractivity contribution in [2.75, 3.05) is 5.73 Å². The van der Waals surface area contributed by atoms with Crippen LogP contribution in [0.25, 0.3) is 0 Å². The molecule has 1 aromatic carbocycles. The van der Waals surface area contributed by atoms with Crippen LogP contribution in [-0.4, -0.2) is 18.3 Å². The van der Waals surface area contributed by atoms with E-state index in [1.54, 1.807) is 0 Å². The fourth-order valence-corrected chi connectivity index (χ4v) is 2.22. The van der Waals surface area contributed by atoms with E-state index in [9.17, 15) is 0 Å². The van der Waals surface area contributed by atoms with Crippen molar-refractivity contribution in [3.63, 3.8) is 0 Å². The Bertz CT molecular complexity index is 507. The summed E-state index contributed by atoms with van der Waals surface area (Å²) in [6, 6.07) is 6.13. The van der Waals surface area contributed by atoms with Crippen LogP contribution in [0.2, 0.25) is 0 Å². The average molecular weight is 312 g/mol. The molecule has 0 unspecified atom stereocenters. The van der Waals surface area contributed by atoms with Crippen LogP contribution in [0.1, 0.15) is 54.0 Å². The fourth-order valence-electron chi connectivity index (χ4n) is 2.22. The molecule has 118 valence electrons. The molecule has 3 nitrogen and oxygen atoms in total. The Morgan fingerprint density at radius 1 is 1.00 bits per heavy atom. The molecule has 0 aliphatic carbocycles. The Morgan fingerprint density at radius 2 is 1.48 bits per heavy atom. The number of hydrogen-bond acceptors (Lipinski definition) is 3. The first kappa shape index (κ1) is 18.3. The monoisotopic (exact) mass is 311 g/mol. The van der Waals surface area contributed by atoms with Gasteiger partial charge in [-0.3, -0.25) is 0 Å². The number of hydrogen-bond donors (Lipinski definition) is 1. The summed E-state index contributed by atoms with van der Waals surface area (Å²) < 4.78 is 12.2. The van der Waals surface area contributed by atoms with Crippen LogP contribution in [0.5, 0.6) is 0 Å². The molecule has 1 aromatic rings. The summed E-state index contributed by atoms with van der Waals surface area (Å²) in [4.78, 5) is 0. The highest BCUT2D eigenvalue weighted by Gasteiger charge is 2.52. The van der Waals surface area contributed by atoms with Crippen molar-refractivity contribution >= 4 is 30.7 Å². The van der Waals surface area contributed by atoms with Gasteiger partial charge in [-0.15, -0.1) is 12.4 Å². The zero-order chi connectivity index (χ0) is 15.3. The molecule has 5 heteroatoms. The van der Waals surface area contributed by atoms with E-state index in [-0.39, 0.29) is 29.0 Å². The molecule has 0 bridgehead atoms. The quantitative estimate of drug-likeness (QED) is 0.639. The minimum atomic E-state index is -0.401. The summed E-state index contributed by atoms with van der Waals surface area (Å²) in [5.41, 5.74) is 8.39. The molecule has 0 amide bonds. The van der Waals surface area contributed by atoms with Gasteiger partial charge >= 0.3 is 7.12 Å². The first-order valence-electron chi connectivity index (χ1n) is 7.20. The minimum absolute atomic E-state index is 0. The number of anilines is 1. The number of halogens is 1. The zero-order valence-electron chi connectivity index (χ0n) is 14.1. The largest absolute Gasteiger partial charge is 0.496 e. The molecule has 0 radical (unpaired) electrons. The molecule has 1 aliphatic rings. The van der Waals surface area contributed by atoms with Gasteiger partial charge in [0.05, 0.1) is 11.2 Å². The lowest BCUT2D eigenvalue weighted by molar-refractivity contribution is 0.00578. The lowest BCUT2D eigenvalue weighted by Gasteiger charge is -2.32. The van der Waals surface area contributed by atoms with Crippen molar-refractivity contribution in [1.29, 1.82) is 0 Å². The third kappa shape index (κ3) is 3.38. The third-order valence-corrected chi connectivity index (χ3v) is 4.46. The highest BCUT2D eigenvalue weighted by atomic mass is 35.5. The van der Waals surface area contributed by atoms with E-state index in [0.29, 0.717) is 0 Å². The smallest absolute Gasteiger partial charge is 0.399 e. The van der Waals surface area contributed by atoms with E-state index >= 15 is 0 Å². The molecule has 21 heavy (non-hydrogen) atoms. The van der Waals surface area contributed by atoms with Crippen LogP contribution >= 0.6 is 12.4 Å². The van der Waals surface area contributed by atoms with E-state index < -0.39 is 7.12 Å². The molecule has 0 saturated carbocycles. The first-order valence-corrected chi connectivity index (χ1v) is 7.20. The molecule has 1 heterocycles. The molecule has 2 N–H and O–H groups in total. The van der Waals surface area contributed by atoms with Crippen LogP contribution in [-0.2, 0) is 14.7 Å². The van der Waals surface area contributed by atoms with Crippen LogP contribution < -0.4 is 11.2 Å². The van der Waals surface area contributed by atoms with Gasteiger partial charge in [0.15, 0.2) is 0 Å². The average Bonchev–Trinajstić information content (AvgIpc) is 2.46. The number of nitrogens with two attached hydrogens (primary N) is 1. The summed E-state index contributed by atoms with van der Waals surface area (Å²) in [7, 11) is -0.401. The zero-order valence-corrected chi connectivity index (χ0v) is 14.9. The van der Waals surface area contributed by atoms with Crippen molar-refractivity contribution in [2.24, 2.45) is 0 Å². The molecule has 2 rings (SSSR count). The Balaban J connectivity index is 0.00000220. The Kier molecular flexibility index (Phi) is 4.80.